The molecule has 1 fully saturated rings. The monoisotopic (exact) mass is 407 g/mol. The molecule has 1 atom stereocenters. The van der Waals surface area contributed by atoms with Crippen molar-refractivity contribution in [3.05, 3.63) is 65.2 Å². The van der Waals surface area contributed by atoms with Gasteiger partial charge in [-0.2, -0.15) is 0 Å². The van der Waals surface area contributed by atoms with Gasteiger partial charge in [-0.05, 0) is 55.7 Å². The Morgan fingerprint density at radius 2 is 1.67 bits per heavy atom. The molecule has 1 aliphatic rings. The molecule has 1 saturated heterocycles. The number of carbonyl (C=O) groups is 4. The van der Waals surface area contributed by atoms with Gasteiger partial charge in [0.2, 0.25) is 5.91 Å². The number of anilines is 1. The largest absolute Gasteiger partial charge is 0.325 e. The molecule has 0 aliphatic carbocycles. The zero-order chi connectivity index (χ0) is 21.9. The maximum Gasteiger partial charge on any atom is 0.325 e. The minimum Gasteiger partial charge on any atom is -0.325 e. The number of ketones is 1. The molecule has 0 unspecified atom stereocenters. The quantitative estimate of drug-likeness (QED) is 0.544. The second-order valence-electron chi connectivity index (χ2n) is 7.58. The van der Waals surface area contributed by atoms with Crippen LogP contribution in [0, 0.1) is 0 Å². The van der Waals surface area contributed by atoms with Crippen LogP contribution < -0.4 is 10.6 Å². The first kappa shape index (κ1) is 21.2. The van der Waals surface area contributed by atoms with Crippen LogP contribution in [-0.2, 0) is 21.5 Å². The molecule has 2 N–H and O–H groups in total. The van der Waals surface area contributed by atoms with Gasteiger partial charge in [0.05, 0.1) is 0 Å². The molecule has 7 nitrogen and oxygen atoms in total. The van der Waals surface area contributed by atoms with Crippen molar-refractivity contribution in [2.75, 3.05) is 11.9 Å². The summed E-state index contributed by atoms with van der Waals surface area (Å²) in [7, 11) is 0. The number of nitrogens with zero attached hydrogens (tertiary/aromatic N) is 1. The summed E-state index contributed by atoms with van der Waals surface area (Å²) in [6.07, 6.45) is 1.96. The molecular formula is C23H25N3O4. The lowest BCUT2D eigenvalue weighted by Crippen LogP contribution is -2.42. The van der Waals surface area contributed by atoms with E-state index in [1.54, 1.807) is 31.2 Å². The van der Waals surface area contributed by atoms with E-state index < -0.39 is 29.9 Å². The highest BCUT2D eigenvalue weighted by Crippen LogP contribution is 2.29. The Morgan fingerprint density at radius 3 is 2.23 bits per heavy atom. The molecule has 1 heterocycles. The Morgan fingerprint density at radius 1 is 1.03 bits per heavy atom. The number of imide groups is 1. The second kappa shape index (κ2) is 8.49. The van der Waals surface area contributed by atoms with Crippen molar-refractivity contribution in [2.45, 2.75) is 39.2 Å². The van der Waals surface area contributed by atoms with Crippen molar-refractivity contribution in [1.82, 2.24) is 10.2 Å². The number of urea groups is 1. The molecule has 0 radical (unpaired) electrons. The molecule has 0 spiro atoms. The summed E-state index contributed by atoms with van der Waals surface area (Å²) in [5.41, 5.74) is 1.62. The molecule has 4 amide bonds. The van der Waals surface area contributed by atoms with Gasteiger partial charge < -0.3 is 10.6 Å². The molecule has 0 aromatic heterocycles. The van der Waals surface area contributed by atoms with E-state index in [9.17, 15) is 19.2 Å². The van der Waals surface area contributed by atoms with E-state index in [2.05, 4.69) is 17.6 Å². The van der Waals surface area contributed by atoms with Crippen LogP contribution in [0.3, 0.4) is 0 Å². The number of aryl methyl sites for hydroxylation is 1. The van der Waals surface area contributed by atoms with Crippen molar-refractivity contribution < 1.29 is 19.2 Å². The predicted octanol–water partition coefficient (Wildman–Crippen LogP) is 3.25. The highest BCUT2D eigenvalue weighted by atomic mass is 16.2. The zero-order valence-electron chi connectivity index (χ0n) is 17.3. The molecular weight excluding hydrogens is 382 g/mol. The average molecular weight is 407 g/mol. The van der Waals surface area contributed by atoms with Gasteiger partial charge in [0.1, 0.15) is 12.1 Å². The highest BCUT2D eigenvalue weighted by molar-refractivity contribution is 6.10. The van der Waals surface area contributed by atoms with Gasteiger partial charge in [0.15, 0.2) is 5.78 Å². The van der Waals surface area contributed by atoms with E-state index >= 15 is 0 Å². The molecule has 7 heteroatoms. The minimum absolute atomic E-state index is 0.0748. The first-order valence-electron chi connectivity index (χ1n) is 9.89. The van der Waals surface area contributed by atoms with E-state index in [1.807, 2.05) is 24.3 Å². The second-order valence-corrected chi connectivity index (χ2v) is 7.58. The Labute approximate surface area is 175 Å². The zero-order valence-corrected chi connectivity index (χ0v) is 17.3. The van der Waals surface area contributed by atoms with Crippen LogP contribution in [0.15, 0.2) is 48.5 Å². The standard InChI is InChI=1S/C23H25N3O4/c1-4-5-16-6-10-18(11-7-16)23(3)21(29)26(22(30)25-23)14-20(28)24-19-12-8-17(9-13-19)15(2)27/h6-13H,4-5,14H2,1-3H3,(H,24,28)(H,25,30)/t23-/m1/s1. The van der Waals surface area contributed by atoms with Gasteiger partial charge in [0, 0.05) is 11.3 Å². The van der Waals surface area contributed by atoms with Gasteiger partial charge >= 0.3 is 6.03 Å². The third-order valence-electron chi connectivity index (χ3n) is 5.22. The summed E-state index contributed by atoms with van der Waals surface area (Å²) in [6, 6.07) is 13.4. The average Bonchev–Trinajstić information content (AvgIpc) is 2.93. The number of benzene rings is 2. The van der Waals surface area contributed by atoms with Crippen molar-refractivity contribution >= 4 is 29.3 Å². The summed E-state index contributed by atoms with van der Waals surface area (Å²) < 4.78 is 0. The lowest BCUT2D eigenvalue weighted by Gasteiger charge is -2.22. The molecule has 3 rings (SSSR count). The maximum atomic E-state index is 13.0. The third kappa shape index (κ3) is 4.25. The van der Waals surface area contributed by atoms with Crippen molar-refractivity contribution in [2.24, 2.45) is 0 Å². The molecule has 2 aromatic rings. The van der Waals surface area contributed by atoms with Crippen LogP contribution in [-0.4, -0.2) is 35.1 Å². The summed E-state index contributed by atoms with van der Waals surface area (Å²) in [4.78, 5) is 50.0. The summed E-state index contributed by atoms with van der Waals surface area (Å²) in [5.74, 6) is -1.05. The van der Waals surface area contributed by atoms with Gasteiger partial charge in [-0.3, -0.25) is 19.3 Å². The Kier molecular flexibility index (Phi) is 6.01. The third-order valence-corrected chi connectivity index (χ3v) is 5.22. The van der Waals surface area contributed by atoms with E-state index in [4.69, 9.17) is 0 Å². The molecule has 0 saturated carbocycles. The Bertz CT molecular complexity index is 983. The molecule has 0 bridgehead atoms. The van der Waals surface area contributed by atoms with Crippen LogP contribution >= 0.6 is 0 Å². The predicted molar refractivity (Wildman–Crippen MR) is 113 cm³/mol. The van der Waals surface area contributed by atoms with E-state index in [1.165, 1.54) is 6.92 Å². The lowest BCUT2D eigenvalue weighted by molar-refractivity contribution is -0.133. The maximum absolute atomic E-state index is 13.0. The number of amides is 4. The molecule has 30 heavy (non-hydrogen) atoms. The summed E-state index contributed by atoms with van der Waals surface area (Å²) in [5, 5.41) is 5.35. The fraction of sp³-hybridized carbons (Fsp3) is 0.304. The summed E-state index contributed by atoms with van der Waals surface area (Å²) >= 11 is 0. The number of carbonyl (C=O) groups excluding carboxylic acids is 4. The fourth-order valence-electron chi connectivity index (χ4n) is 3.46. The minimum atomic E-state index is -1.22. The molecule has 2 aromatic carbocycles. The number of nitrogens with one attached hydrogen (secondary N) is 2. The van der Waals surface area contributed by atoms with Crippen LogP contribution in [0.4, 0.5) is 10.5 Å². The van der Waals surface area contributed by atoms with Gasteiger partial charge in [-0.15, -0.1) is 0 Å². The van der Waals surface area contributed by atoms with Gasteiger partial charge in [-0.1, -0.05) is 37.6 Å². The van der Waals surface area contributed by atoms with Crippen molar-refractivity contribution in [1.29, 1.82) is 0 Å². The fourth-order valence-corrected chi connectivity index (χ4v) is 3.46. The van der Waals surface area contributed by atoms with Crippen LogP contribution in [0.2, 0.25) is 0 Å². The summed E-state index contributed by atoms with van der Waals surface area (Å²) in [6.45, 7) is 4.79. The van der Waals surface area contributed by atoms with E-state index in [0.29, 0.717) is 16.8 Å². The normalized spacial score (nSPS) is 18.3. The van der Waals surface area contributed by atoms with Gasteiger partial charge in [0.25, 0.3) is 5.91 Å². The van der Waals surface area contributed by atoms with Crippen molar-refractivity contribution in [3.8, 4) is 0 Å². The Hall–Kier alpha value is -3.48. The Balaban J connectivity index is 1.69. The van der Waals surface area contributed by atoms with E-state index in [-0.39, 0.29) is 5.78 Å². The van der Waals surface area contributed by atoms with Crippen LogP contribution in [0.1, 0.15) is 48.7 Å². The molecule has 1 aliphatic heterocycles. The SMILES string of the molecule is CCCc1ccc([C@@]2(C)NC(=O)N(CC(=O)Nc3ccc(C(C)=O)cc3)C2=O)cc1. The van der Waals surface area contributed by atoms with Crippen LogP contribution in [0.5, 0.6) is 0 Å². The van der Waals surface area contributed by atoms with Gasteiger partial charge in [-0.25, -0.2) is 4.79 Å². The smallest absolute Gasteiger partial charge is 0.325 e. The number of rotatable bonds is 7. The number of Topliss-reactive ketones (excluding diaryl/α,β-unsaturated/α-hetero) is 1. The number of hydrogen-bond acceptors (Lipinski definition) is 4. The van der Waals surface area contributed by atoms with Crippen molar-refractivity contribution in [3.63, 3.8) is 0 Å². The highest BCUT2D eigenvalue weighted by Gasteiger charge is 2.49. The first-order valence-corrected chi connectivity index (χ1v) is 9.89. The topological polar surface area (TPSA) is 95.6 Å². The molecule has 156 valence electrons. The van der Waals surface area contributed by atoms with E-state index in [0.717, 1.165) is 23.3 Å². The lowest BCUT2D eigenvalue weighted by atomic mass is 9.91. The first-order chi connectivity index (χ1) is 14.2. The number of hydrogen-bond donors (Lipinski definition) is 2. The van der Waals surface area contributed by atoms with Crippen LogP contribution in [0.25, 0.3) is 0 Å².